The molecule has 2 aliphatic rings. The number of hydrogen-bond donors (Lipinski definition) is 4. The van der Waals surface area contributed by atoms with Crippen LogP contribution in [0, 0.1) is 0 Å². The lowest BCUT2D eigenvalue weighted by molar-refractivity contribution is -0.119. The Hall–Kier alpha value is -1.37. The van der Waals surface area contributed by atoms with E-state index < -0.39 is 31.4 Å². The van der Waals surface area contributed by atoms with Crippen LogP contribution >= 0.6 is 6.89 Å². The number of carbonyl (C=O) groups excluding carboxylic acids is 1. The molecule has 1 amide bonds. The molecular formula is C17H28N3O4P. The molecule has 0 aliphatic carbocycles. The lowest BCUT2D eigenvalue weighted by Crippen LogP contribution is -2.47. The van der Waals surface area contributed by atoms with Crippen LogP contribution in [0.1, 0.15) is 6.42 Å². The summed E-state index contributed by atoms with van der Waals surface area (Å²) in [6.07, 6.45) is 7.01. The molecule has 8 heteroatoms. The highest BCUT2D eigenvalue weighted by Crippen LogP contribution is 2.38. The second kappa shape index (κ2) is 7.89. The second-order valence-electron chi connectivity index (χ2n) is 7.02. The average Bonchev–Trinajstić information content (AvgIpc) is 2.80. The average molecular weight is 369 g/mol. The summed E-state index contributed by atoms with van der Waals surface area (Å²) in [5, 5.41) is 23.4. The minimum atomic E-state index is -1.25. The second-order valence-corrected chi connectivity index (χ2v) is 11.3. The highest BCUT2D eigenvalue weighted by Gasteiger charge is 2.46. The maximum absolute atomic E-state index is 12.0. The van der Waals surface area contributed by atoms with Gasteiger partial charge < -0.3 is 30.9 Å². The number of aliphatic hydroxyl groups excluding tert-OH is 2. The largest absolute Gasteiger partial charge is 0.388 e. The number of hydrogen-bond acceptors (Lipinski definition) is 6. The molecule has 2 heterocycles. The Morgan fingerprint density at radius 1 is 1.44 bits per heavy atom. The molecule has 140 valence electrons. The van der Waals surface area contributed by atoms with E-state index >= 15 is 0 Å². The molecule has 0 saturated carbocycles. The number of carbonyl (C=O) groups is 1. The summed E-state index contributed by atoms with van der Waals surface area (Å²) in [6.45, 7) is 7.08. The Morgan fingerprint density at radius 2 is 2.12 bits per heavy atom. The number of rotatable bonds is 6. The number of nitrogens with one attached hydrogen (secondary N) is 1. The van der Waals surface area contributed by atoms with Crippen molar-refractivity contribution in [3.8, 4) is 0 Å². The fourth-order valence-corrected chi connectivity index (χ4v) is 3.72. The van der Waals surface area contributed by atoms with E-state index in [0.29, 0.717) is 18.5 Å². The number of ether oxygens (including phenoxy) is 1. The third-order valence-electron chi connectivity index (χ3n) is 4.17. The Balaban J connectivity index is 2.17. The molecule has 25 heavy (non-hydrogen) atoms. The summed E-state index contributed by atoms with van der Waals surface area (Å²) >= 11 is 0. The molecule has 2 rings (SSSR count). The predicted octanol–water partition coefficient (Wildman–Crippen LogP) is -0.166. The molecule has 0 aromatic heterocycles. The number of aliphatic hydroxyl groups is 2. The van der Waals surface area contributed by atoms with Crippen LogP contribution in [0.2, 0.25) is 0 Å². The van der Waals surface area contributed by atoms with E-state index in [2.05, 4.69) is 31.5 Å². The SMILES string of the molecule is C=C1NC(=O)C(/C=C/CN)=CN1[C@@H]1O[C@H](CCP(=C)(C)C)[C@@H](O)[C@H]1O. The van der Waals surface area contributed by atoms with E-state index in [4.69, 9.17) is 10.5 Å². The zero-order chi connectivity index (χ0) is 18.8. The summed E-state index contributed by atoms with van der Waals surface area (Å²) in [4.78, 5) is 13.5. The Kier molecular flexibility index (Phi) is 6.30. The quantitative estimate of drug-likeness (QED) is 0.485. The van der Waals surface area contributed by atoms with Crippen molar-refractivity contribution in [1.29, 1.82) is 0 Å². The molecule has 0 radical (unpaired) electrons. The lowest BCUT2D eigenvalue weighted by atomic mass is 10.1. The van der Waals surface area contributed by atoms with Gasteiger partial charge in [-0.05, 0) is 25.9 Å². The van der Waals surface area contributed by atoms with Crippen LogP contribution in [0.5, 0.6) is 0 Å². The zero-order valence-electron chi connectivity index (χ0n) is 14.8. The van der Waals surface area contributed by atoms with E-state index in [9.17, 15) is 15.0 Å². The minimum Gasteiger partial charge on any atom is -0.388 e. The monoisotopic (exact) mass is 369 g/mol. The molecule has 0 bridgehead atoms. The molecule has 0 unspecified atom stereocenters. The van der Waals surface area contributed by atoms with Crippen molar-refractivity contribution >= 4 is 19.1 Å². The molecular weight excluding hydrogens is 341 g/mol. The van der Waals surface area contributed by atoms with Crippen LogP contribution in [0.3, 0.4) is 0 Å². The smallest absolute Gasteiger partial charge is 0.258 e. The first-order chi connectivity index (χ1) is 11.6. The van der Waals surface area contributed by atoms with Crippen molar-refractivity contribution in [2.75, 3.05) is 26.0 Å². The summed E-state index contributed by atoms with van der Waals surface area (Å²) < 4.78 is 5.89. The van der Waals surface area contributed by atoms with Gasteiger partial charge in [-0.3, -0.25) is 4.79 Å². The Bertz CT molecular complexity index is 640. The van der Waals surface area contributed by atoms with E-state index in [1.807, 2.05) is 0 Å². The van der Waals surface area contributed by atoms with Gasteiger partial charge in [0.1, 0.15) is 18.0 Å². The Labute approximate surface area is 148 Å². The van der Waals surface area contributed by atoms with Gasteiger partial charge in [0.05, 0.1) is 11.7 Å². The molecule has 0 spiro atoms. The van der Waals surface area contributed by atoms with Crippen molar-refractivity contribution in [1.82, 2.24) is 10.2 Å². The van der Waals surface area contributed by atoms with E-state index in [-0.39, 0.29) is 11.7 Å². The van der Waals surface area contributed by atoms with Crippen molar-refractivity contribution in [2.45, 2.75) is 31.0 Å². The third-order valence-corrected chi connectivity index (χ3v) is 5.64. The fourth-order valence-electron chi connectivity index (χ4n) is 2.77. The van der Waals surface area contributed by atoms with Gasteiger partial charge in [0, 0.05) is 12.7 Å². The van der Waals surface area contributed by atoms with Crippen LogP contribution in [-0.2, 0) is 9.53 Å². The van der Waals surface area contributed by atoms with Crippen molar-refractivity contribution in [3.05, 3.63) is 36.3 Å². The summed E-state index contributed by atoms with van der Waals surface area (Å²) in [7, 11) is 0. The highest BCUT2D eigenvalue weighted by atomic mass is 31.2. The molecule has 2 aliphatic heterocycles. The van der Waals surface area contributed by atoms with Gasteiger partial charge >= 0.3 is 0 Å². The summed E-state index contributed by atoms with van der Waals surface area (Å²) in [6, 6.07) is 0. The molecule has 4 atom stereocenters. The molecule has 5 N–H and O–H groups in total. The van der Waals surface area contributed by atoms with Gasteiger partial charge in [-0.1, -0.05) is 18.7 Å². The van der Waals surface area contributed by atoms with Crippen LogP contribution in [0.4, 0.5) is 0 Å². The van der Waals surface area contributed by atoms with Gasteiger partial charge in [-0.2, -0.15) is 0 Å². The minimum absolute atomic E-state index is 0.289. The lowest BCUT2D eigenvalue weighted by Gasteiger charge is -2.34. The number of nitrogens with two attached hydrogens (primary N) is 1. The summed E-state index contributed by atoms with van der Waals surface area (Å²) in [5.41, 5.74) is 5.80. The first-order valence-corrected chi connectivity index (χ1v) is 11.3. The predicted molar refractivity (Wildman–Crippen MR) is 101 cm³/mol. The van der Waals surface area contributed by atoms with Gasteiger partial charge in [-0.15, -0.1) is 13.2 Å². The topological polar surface area (TPSA) is 108 Å². The Morgan fingerprint density at radius 3 is 2.72 bits per heavy atom. The zero-order valence-corrected chi connectivity index (χ0v) is 15.7. The molecule has 1 fully saturated rings. The maximum Gasteiger partial charge on any atom is 0.258 e. The number of nitrogens with zero attached hydrogens (tertiary/aromatic N) is 1. The van der Waals surface area contributed by atoms with Crippen LogP contribution in [0.15, 0.2) is 36.3 Å². The van der Waals surface area contributed by atoms with Gasteiger partial charge in [-0.25, -0.2) is 0 Å². The fraction of sp³-hybridized carbons (Fsp3) is 0.529. The van der Waals surface area contributed by atoms with Crippen molar-refractivity contribution in [3.63, 3.8) is 0 Å². The van der Waals surface area contributed by atoms with E-state index in [1.54, 1.807) is 18.4 Å². The highest BCUT2D eigenvalue weighted by molar-refractivity contribution is 7.72. The van der Waals surface area contributed by atoms with Crippen LogP contribution in [-0.4, -0.2) is 77.9 Å². The first-order valence-electron chi connectivity index (χ1n) is 8.20. The van der Waals surface area contributed by atoms with Crippen LogP contribution in [0.25, 0.3) is 0 Å². The molecule has 0 aromatic carbocycles. The van der Waals surface area contributed by atoms with Gasteiger partial charge in [0.2, 0.25) is 0 Å². The normalized spacial score (nSPS) is 30.8. The van der Waals surface area contributed by atoms with Crippen molar-refractivity contribution < 1.29 is 19.7 Å². The van der Waals surface area contributed by atoms with E-state index in [0.717, 1.165) is 6.16 Å². The van der Waals surface area contributed by atoms with Crippen LogP contribution < -0.4 is 11.1 Å². The molecule has 0 aromatic rings. The van der Waals surface area contributed by atoms with E-state index in [1.165, 1.54) is 4.90 Å². The van der Waals surface area contributed by atoms with Crippen molar-refractivity contribution in [2.24, 2.45) is 5.73 Å². The van der Waals surface area contributed by atoms with Gasteiger partial charge in [0.25, 0.3) is 5.91 Å². The third kappa shape index (κ3) is 4.84. The summed E-state index contributed by atoms with van der Waals surface area (Å²) in [5.74, 6) is -0.0177. The molecule has 7 nitrogen and oxygen atoms in total. The first kappa shape index (κ1) is 19.9. The molecule has 1 saturated heterocycles. The maximum atomic E-state index is 12.0. The van der Waals surface area contributed by atoms with Gasteiger partial charge in [0.15, 0.2) is 6.23 Å². The standard InChI is InChI=1S/C17H28N3O4P/c1-11-19-16(23)12(6-5-8-18)10-20(11)17-15(22)14(21)13(24-17)7-9-25(2,3)4/h5-6,10,13-15,17,21-22H,1-2,7-9,18H2,3-4H3,(H,19,23)/b6-5+/t13-,14-,15-,17-/m1/s1. The number of amides is 1.